The second-order valence-electron chi connectivity index (χ2n) is 5.50. The molecule has 0 aliphatic heterocycles. The normalized spacial score (nSPS) is 12.0. The summed E-state index contributed by atoms with van der Waals surface area (Å²) in [6.45, 7) is 6.96. The number of nitrogens with zero attached hydrogens (tertiary/aromatic N) is 2. The Balaban J connectivity index is 2.00. The van der Waals surface area contributed by atoms with Crippen LogP contribution in [0.15, 0.2) is 54.4 Å². The van der Waals surface area contributed by atoms with E-state index in [1.165, 1.54) is 17.6 Å². The van der Waals surface area contributed by atoms with Crippen LogP contribution in [0.3, 0.4) is 0 Å². The lowest BCUT2D eigenvalue weighted by Gasteiger charge is -2.16. The van der Waals surface area contributed by atoms with E-state index in [0.717, 1.165) is 12.2 Å². The predicted molar refractivity (Wildman–Crippen MR) is 86.6 cm³/mol. The van der Waals surface area contributed by atoms with Crippen LogP contribution in [0.1, 0.15) is 38.8 Å². The van der Waals surface area contributed by atoms with Gasteiger partial charge in [-0.1, -0.05) is 37.1 Å². The van der Waals surface area contributed by atoms with Crippen LogP contribution in [-0.4, -0.2) is 16.4 Å². The minimum atomic E-state index is 0.125. The Labute approximate surface area is 127 Å². The van der Waals surface area contributed by atoms with Crippen LogP contribution in [-0.2, 0) is 6.42 Å². The predicted octanol–water partition coefficient (Wildman–Crippen LogP) is 4.42. The summed E-state index contributed by atoms with van der Waals surface area (Å²) in [5.41, 5.74) is 2.62. The van der Waals surface area contributed by atoms with Gasteiger partial charge in [-0.2, -0.15) is 5.10 Å². The molecule has 1 atom stereocenters. The van der Waals surface area contributed by atoms with Crippen molar-refractivity contribution < 1.29 is 4.74 Å². The smallest absolute Gasteiger partial charge is 0.119 e. The van der Waals surface area contributed by atoms with Gasteiger partial charge in [0.05, 0.1) is 0 Å². The van der Waals surface area contributed by atoms with E-state index in [0.29, 0.717) is 6.61 Å². The third kappa shape index (κ3) is 4.78. The number of hydrogen-bond acceptors (Lipinski definition) is 2. The van der Waals surface area contributed by atoms with Gasteiger partial charge < -0.3 is 4.74 Å². The lowest BCUT2D eigenvalue weighted by Crippen LogP contribution is -2.16. The summed E-state index contributed by atoms with van der Waals surface area (Å²) in [6.07, 6.45) is 8.23. The summed E-state index contributed by atoms with van der Waals surface area (Å²) in [6, 6.07) is 10.4. The number of ether oxygens (including phenoxy) is 1. The summed E-state index contributed by atoms with van der Waals surface area (Å²) in [4.78, 5) is 0. The third-order valence-electron chi connectivity index (χ3n) is 3.27. The average molecular weight is 284 g/mol. The van der Waals surface area contributed by atoms with Gasteiger partial charge >= 0.3 is 0 Å². The molecular weight excluding hydrogens is 260 g/mol. The maximum atomic E-state index is 5.92. The zero-order valence-corrected chi connectivity index (χ0v) is 13.1. The van der Waals surface area contributed by atoms with Crippen molar-refractivity contribution in [3.05, 3.63) is 59.9 Å². The van der Waals surface area contributed by atoms with Crippen molar-refractivity contribution in [1.29, 1.82) is 0 Å². The molecule has 0 aliphatic carbocycles. The summed E-state index contributed by atoms with van der Waals surface area (Å²) in [7, 11) is 0. The average Bonchev–Trinajstić information content (AvgIpc) is 2.99. The molecule has 1 heterocycles. The Morgan fingerprint density at radius 2 is 2.05 bits per heavy atom. The van der Waals surface area contributed by atoms with Crippen molar-refractivity contribution in [2.75, 3.05) is 6.61 Å². The lowest BCUT2D eigenvalue weighted by molar-refractivity contribution is 0.266. The zero-order valence-electron chi connectivity index (χ0n) is 13.1. The lowest BCUT2D eigenvalue weighted by atomic mass is 10.1. The molecule has 0 aliphatic rings. The molecule has 2 aromatic rings. The van der Waals surface area contributed by atoms with Gasteiger partial charge in [0.25, 0.3) is 0 Å². The van der Waals surface area contributed by atoms with Gasteiger partial charge in [-0.3, -0.25) is 4.68 Å². The summed E-state index contributed by atoms with van der Waals surface area (Å²) >= 11 is 0. The first-order valence-corrected chi connectivity index (χ1v) is 7.55. The highest BCUT2D eigenvalue weighted by atomic mass is 16.5. The van der Waals surface area contributed by atoms with Gasteiger partial charge in [0, 0.05) is 12.4 Å². The molecule has 0 saturated heterocycles. The van der Waals surface area contributed by atoms with Gasteiger partial charge in [-0.15, -0.1) is 0 Å². The number of benzene rings is 1. The Bertz CT molecular complexity index is 551. The van der Waals surface area contributed by atoms with E-state index >= 15 is 0 Å². The molecule has 1 aromatic heterocycles. The molecule has 21 heavy (non-hydrogen) atoms. The third-order valence-corrected chi connectivity index (χ3v) is 3.27. The number of allylic oxidation sites excluding steroid dienone is 1. The van der Waals surface area contributed by atoms with Crippen LogP contribution in [0.4, 0.5) is 0 Å². The highest BCUT2D eigenvalue weighted by Crippen LogP contribution is 2.17. The largest absolute Gasteiger partial charge is 0.491 e. The molecule has 112 valence electrons. The topological polar surface area (TPSA) is 27.1 Å². The Kier molecular flexibility index (Phi) is 5.61. The number of aromatic nitrogens is 2. The first-order valence-electron chi connectivity index (χ1n) is 7.55. The van der Waals surface area contributed by atoms with E-state index in [-0.39, 0.29) is 6.04 Å². The molecule has 3 heteroatoms. The first-order chi connectivity index (χ1) is 10.2. The quantitative estimate of drug-likeness (QED) is 0.704. The van der Waals surface area contributed by atoms with Crippen LogP contribution in [0.5, 0.6) is 5.75 Å². The van der Waals surface area contributed by atoms with Crippen molar-refractivity contribution >= 4 is 0 Å². The SMILES string of the molecule is CCCc1ccc(OCC(C=C(C)C)n2cccn2)cc1. The summed E-state index contributed by atoms with van der Waals surface area (Å²) in [5, 5.41) is 4.31. The molecule has 0 amide bonds. The van der Waals surface area contributed by atoms with E-state index in [2.05, 4.69) is 44.1 Å². The van der Waals surface area contributed by atoms with Crippen molar-refractivity contribution in [2.24, 2.45) is 0 Å². The summed E-state index contributed by atoms with van der Waals surface area (Å²) in [5.74, 6) is 0.911. The van der Waals surface area contributed by atoms with Gasteiger partial charge in [-0.05, 0) is 44.0 Å². The fourth-order valence-electron chi connectivity index (χ4n) is 2.29. The molecule has 0 bridgehead atoms. The molecule has 3 nitrogen and oxygen atoms in total. The van der Waals surface area contributed by atoms with E-state index in [9.17, 15) is 0 Å². The van der Waals surface area contributed by atoms with Crippen LogP contribution >= 0.6 is 0 Å². The van der Waals surface area contributed by atoms with E-state index < -0.39 is 0 Å². The monoisotopic (exact) mass is 284 g/mol. The molecule has 1 aromatic carbocycles. The van der Waals surface area contributed by atoms with Crippen LogP contribution in [0.2, 0.25) is 0 Å². The Hall–Kier alpha value is -2.03. The Morgan fingerprint density at radius 3 is 2.62 bits per heavy atom. The van der Waals surface area contributed by atoms with E-state index in [4.69, 9.17) is 4.74 Å². The second-order valence-corrected chi connectivity index (χ2v) is 5.50. The van der Waals surface area contributed by atoms with Crippen LogP contribution < -0.4 is 4.74 Å². The minimum Gasteiger partial charge on any atom is -0.491 e. The number of hydrogen-bond donors (Lipinski definition) is 0. The zero-order chi connectivity index (χ0) is 15.1. The number of rotatable bonds is 7. The van der Waals surface area contributed by atoms with Crippen molar-refractivity contribution in [2.45, 2.75) is 39.7 Å². The van der Waals surface area contributed by atoms with Crippen molar-refractivity contribution in [3.8, 4) is 5.75 Å². The highest BCUT2D eigenvalue weighted by Gasteiger charge is 2.09. The molecule has 0 fully saturated rings. The molecular formula is C18H24N2O. The molecule has 0 saturated carbocycles. The maximum Gasteiger partial charge on any atom is 0.119 e. The minimum absolute atomic E-state index is 0.125. The fraction of sp³-hybridized carbons (Fsp3) is 0.389. The van der Waals surface area contributed by atoms with Gasteiger partial charge in [0.2, 0.25) is 0 Å². The number of aryl methyl sites for hydroxylation is 1. The molecule has 1 unspecified atom stereocenters. The van der Waals surface area contributed by atoms with Crippen LogP contribution in [0.25, 0.3) is 0 Å². The van der Waals surface area contributed by atoms with Gasteiger partial charge in [-0.25, -0.2) is 0 Å². The molecule has 0 N–H and O–H groups in total. The Morgan fingerprint density at radius 1 is 1.29 bits per heavy atom. The maximum absolute atomic E-state index is 5.92. The van der Waals surface area contributed by atoms with Gasteiger partial charge in [0.15, 0.2) is 0 Å². The molecule has 0 radical (unpaired) electrons. The van der Waals surface area contributed by atoms with E-state index in [1.54, 1.807) is 6.20 Å². The van der Waals surface area contributed by atoms with Crippen molar-refractivity contribution in [3.63, 3.8) is 0 Å². The molecule has 0 spiro atoms. The summed E-state index contributed by atoms with van der Waals surface area (Å²) < 4.78 is 7.85. The fourth-order valence-corrected chi connectivity index (χ4v) is 2.29. The van der Waals surface area contributed by atoms with Crippen LogP contribution in [0, 0.1) is 0 Å². The first kappa shape index (κ1) is 15.4. The second kappa shape index (κ2) is 7.67. The highest BCUT2D eigenvalue weighted by molar-refractivity contribution is 5.27. The molecule has 2 rings (SSSR count). The van der Waals surface area contributed by atoms with E-state index in [1.807, 2.05) is 29.1 Å². The van der Waals surface area contributed by atoms with Gasteiger partial charge in [0.1, 0.15) is 18.4 Å². The standard InChI is InChI=1S/C18H24N2O/c1-4-6-16-7-9-18(10-8-16)21-14-17(13-15(2)3)20-12-5-11-19-20/h5,7-13,17H,4,6,14H2,1-3H3. The van der Waals surface area contributed by atoms with Crippen molar-refractivity contribution in [1.82, 2.24) is 9.78 Å².